The van der Waals surface area contributed by atoms with Gasteiger partial charge < -0.3 is 4.79 Å². The van der Waals surface area contributed by atoms with Gasteiger partial charge in [-0.2, -0.15) is 0 Å². The van der Waals surface area contributed by atoms with E-state index < -0.39 is 0 Å². The van der Waals surface area contributed by atoms with Crippen LogP contribution in [0.5, 0.6) is 0 Å². The molecule has 0 radical (unpaired) electrons. The average Bonchev–Trinajstić information content (AvgIpc) is 2.26. The van der Waals surface area contributed by atoms with Gasteiger partial charge in [0.2, 0.25) is 0 Å². The van der Waals surface area contributed by atoms with E-state index in [1.54, 1.807) is 0 Å². The molecule has 0 aromatic rings. The van der Waals surface area contributed by atoms with Crippen molar-refractivity contribution < 1.29 is 4.79 Å². The molecule has 0 saturated carbocycles. The Morgan fingerprint density at radius 1 is 0.800 bits per heavy atom. The van der Waals surface area contributed by atoms with Crippen LogP contribution in [0, 0.1) is 0 Å². The Bertz CT molecular complexity index is 180. The number of carbonyl (C=O) groups excluding carboxylic acids is 1. The SMILES string of the molecule is C/C=C\C/C=C/CCCCCCCC=O. The highest BCUT2D eigenvalue weighted by atomic mass is 16.1. The summed E-state index contributed by atoms with van der Waals surface area (Å²) in [6, 6.07) is 0. The van der Waals surface area contributed by atoms with E-state index in [1.165, 1.54) is 32.1 Å². The molecule has 0 aliphatic carbocycles. The van der Waals surface area contributed by atoms with E-state index in [9.17, 15) is 4.79 Å². The van der Waals surface area contributed by atoms with Gasteiger partial charge in [-0.15, -0.1) is 0 Å². The zero-order valence-corrected chi connectivity index (χ0v) is 9.95. The number of rotatable bonds is 10. The summed E-state index contributed by atoms with van der Waals surface area (Å²) < 4.78 is 0. The minimum absolute atomic E-state index is 0.739. The Morgan fingerprint density at radius 3 is 2.13 bits per heavy atom. The second-order valence-electron chi connectivity index (χ2n) is 3.79. The third-order valence-corrected chi connectivity index (χ3v) is 2.37. The van der Waals surface area contributed by atoms with Gasteiger partial charge >= 0.3 is 0 Å². The molecule has 0 spiro atoms. The zero-order chi connectivity index (χ0) is 11.2. The maximum atomic E-state index is 10.1. The van der Waals surface area contributed by atoms with E-state index in [1.807, 2.05) is 6.92 Å². The molecule has 0 N–H and O–H groups in total. The van der Waals surface area contributed by atoms with Crippen LogP contribution in [0.1, 0.15) is 58.3 Å². The summed E-state index contributed by atoms with van der Waals surface area (Å²) in [5, 5.41) is 0. The fourth-order valence-electron chi connectivity index (χ4n) is 1.45. The van der Waals surface area contributed by atoms with Crippen LogP contribution >= 0.6 is 0 Å². The monoisotopic (exact) mass is 208 g/mol. The molecule has 0 aromatic heterocycles. The molecule has 0 unspecified atom stereocenters. The second kappa shape index (κ2) is 13.2. The lowest BCUT2D eigenvalue weighted by Gasteiger charge is -1.97. The Kier molecular flexibility index (Phi) is 12.4. The van der Waals surface area contributed by atoms with Crippen molar-refractivity contribution in [1.82, 2.24) is 0 Å². The molecule has 1 nitrogen and oxygen atoms in total. The van der Waals surface area contributed by atoms with Crippen molar-refractivity contribution in [3.8, 4) is 0 Å². The van der Waals surface area contributed by atoms with Gasteiger partial charge in [-0.05, 0) is 32.6 Å². The third kappa shape index (κ3) is 13.2. The molecule has 15 heavy (non-hydrogen) atoms. The van der Waals surface area contributed by atoms with E-state index in [2.05, 4.69) is 24.3 Å². The highest BCUT2D eigenvalue weighted by Crippen LogP contribution is 2.06. The van der Waals surface area contributed by atoms with Crippen LogP contribution < -0.4 is 0 Å². The number of carbonyl (C=O) groups is 1. The van der Waals surface area contributed by atoms with Gasteiger partial charge in [0.05, 0.1) is 0 Å². The maximum absolute atomic E-state index is 10.1. The molecule has 0 bridgehead atoms. The lowest BCUT2D eigenvalue weighted by atomic mass is 10.1. The van der Waals surface area contributed by atoms with Crippen LogP contribution in [0.2, 0.25) is 0 Å². The van der Waals surface area contributed by atoms with E-state index in [0.29, 0.717) is 0 Å². The highest BCUT2D eigenvalue weighted by molar-refractivity contribution is 5.48. The molecular formula is C14H24O. The van der Waals surface area contributed by atoms with Crippen LogP contribution in [0.4, 0.5) is 0 Å². The molecule has 0 heterocycles. The summed E-state index contributed by atoms with van der Waals surface area (Å²) in [5.74, 6) is 0. The van der Waals surface area contributed by atoms with Crippen molar-refractivity contribution in [3.63, 3.8) is 0 Å². The summed E-state index contributed by atoms with van der Waals surface area (Å²) in [4.78, 5) is 10.1. The Hall–Kier alpha value is -0.850. The lowest BCUT2D eigenvalue weighted by molar-refractivity contribution is -0.107. The minimum Gasteiger partial charge on any atom is -0.303 e. The van der Waals surface area contributed by atoms with Crippen molar-refractivity contribution >= 4 is 6.29 Å². The number of allylic oxidation sites excluding steroid dienone is 4. The normalized spacial score (nSPS) is 11.5. The predicted molar refractivity (Wildman–Crippen MR) is 67.0 cm³/mol. The van der Waals surface area contributed by atoms with Crippen molar-refractivity contribution in [1.29, 1.82) is 0 Å². The summed E-state index contributed by atoms with van der Waals surface area (Å²) in [6.07, 6.45) is 18.9. The first-order valence-electron chi connectivity index (χ1n) is 6.11. The van der Waals surface area contributed by atoms with Gasteiger partial charge in [0.25, 0.3) is 0 Å². The first-order chi connectivity index (χ1) is 7.41. The first kappa shape index (κ1) is 14.2. The molecule has 0 aromatic carbocycles. The predicted octanol–water partition coefficient (Wildman–Crippen LogP) is 4.44. The van der Waals surface area contributed by atoms with Crippen LogP contribution in [0.15, 0.2) is 24.3 Å². The lowest BCUT2D eigenvalue weighted by Crippen LogP contribution is -1.80. The smallest absolute Gasteiger partial charge is 0.119 e. The molecular weight excluding hydrogens is 184 g/mol. The second-order valence-corrected chi connectivity index (χ2v) is 3.79. The number of aldehydes is 1. The van der Waals surface area contributed by atoms with Crippen LogP contribution in [-0.4, -0.2) is 6.29 Å². The van der Waals surface area contributed by atoms with Gasteiger partial charge in [-0.25, -0.2) is 0 Å². The van der Waals surface area contributed by atoms with Gasteiger partial charge in [0.15, 0.2) is 0 Å². The van der Waals surface area contributed by atoms with E-state index in [0.717, 1.165) is 25.5 Å². The molecule has 0 aliphatic heterocycles. The molecule has 1 heteroatoms. The fourth-order valence-corrected chi connectivity index (χ4v) is 1.45. The molecule has 0 saturated heterocycles. The molecule has 0 aliphatic rings. The summed E-state index contributed by atoms with van der Waals surface area (Å²) in [6.45, 7) is 2.05. The fraction of sp³-hybridized carbons (Fsp3) is 0.643. The topological polar surface area (TPSA) is 17.1 Å². The first-order valence-corrected chi connectivity index (χ1v) is 6.11. The van der Waals surface area contributed by atoms with E-state index >= 15 is 0 Å². The maximum Gasteiger partial charge on any atom is 0.119 e. The highest BCUT2D eigenvalue weighted by Gasteiger charge is 1.88. The third-order valence-electron chi connectivity index (χ3n) is 2.37. The molecule has 0 atom stereocenters. The molecule has 0 amide bonds. The molecule has 0 fully saturated rings. The van der Waals surface area contributed by atoms with Crippen LogP contribution in [0.25, 0.3) is 0 Å². The van der Waals surface area contributed by atoms with Gasteiger partial charge in [0, 0.05) is 6.42 Å². The van der Waals surface area contributed by atoms with Crippen LogP contribution in [0.3, 0.4) is 0 Å². The Morgan fingerprint density at radius 2 is 1.47 bits per heavy atom. The van der Waals surface area contributed by atoms with Crippen LogP contribution in [-0.2, 0) is 4.79 Å². The van der Waals surface area contributed by atoms with Crippen molar-refractivity contribution in [3.05, 3.63) is 24.3 Å². The van der Waals surface area contributed by atoms with Crippen molar-refractivity contribution in [2.75, 3.05) is 0 Å². The Labute approximate surface area is 94.3 Å². The number of hydrogen-bond donors (Lipinski definition) is 0. The summed E-state index contributed by atoms with van der Waals surface area (Å²) in [7, 11) is 0. The molecule has 86 valence electrons. The van der Waals surface area contributed by atoms with E-state index in [-0.39, 0.29) is 0 Å². The standard InChI is InChI=1S/C14H24O/c1-2-3-4-5-6-7-8-9-10-11-12-13-14-15/h2-3,5-6,14H,4,7-13H2,1H3/b3-2-,6-5+. The Balaban J connectivity index is 3.04. The van der Waals surface area contributed by atoms with Gasteiger partial charge in [0.1, 0.15) is 6.29 Å². The quantitative estimate of drug-likeness (QED) is 0.295. The molecule has 0 rings (SSSR count). The van der Waals surface area contributed by atoms with Crippen molar-refractivity contribution in [2.24, 2.45) is 0 Å². The largest absolute Gasteiger partial charge is 0.303 e. The summed E-state index contributed by atoms with van der Waals surface area (Å²) in [5.41, 5.74) is 0. The van der Waals surface area contributed by atoms with Crippen molar-refractivity contribution in [2.45, 2.75) is 58.3 Å². The minimum atomic E-state index is 0.739. The summed E-state index contributed by atoms with van der Waals surface area (Å²) >= 11 is 0. The van der Waals surface area contributed by atoms with E-state index in [4.69, 9.17) is 0 Å². The van der Waals surface area contributed by atoms with Gasteiger partial charge in [-0.1, -0.05) is 43.6 Å². The number of unbranched alkanes of at least 4 members (excludes halogenated alkanes) is 6. The number of hydrogen-bond acceptors (Lipinski definition) is 1. The average molecular weight is 208 g/mol. The van der Waals surface area contributed by atoms with Gasteiger partial charge in [-0.3, -0.25) is 0 Å². The zero-order valence-electron chi connectivity index (χ0n) is 9.95.